The minimum atomic E-state index is -0.775. The van der Waals surface area contributed by atoms with E-state index in [0.717, 1.165) is 0 Å². The lowest BCUT2D eigenvalue weighted by atomic mass is 10.1. The molecule has 1 atom stereocenters. The van der Waals surface area contributed by atoms with Crippen molar-refractivity contribution in [2.24, 2.45) is 0 Å². The highest BCUT2D eigenvalue weighted by Crippen LogP contribution is 2.29. The molecular formula is C14H9Cl2FN2. The summed E-state index contributed by atoms with van der Waals surface area (Å²) in [6.07, 6.45) is 0. The maximum absolute atomic E-state index is 13.6. The van der Waals surface area contributed by atoms with Gasteiger partial charge in [0.25, 0.3) is 0 Å². The molecule has 0 saturated heterocycles. The first-order valence-electron chi connectivity index (χ1n) is 5.47. The van der Waals surface area contributed by atoms with E-state index < -0.39 is 11.9 Å². The maximum Gasteiger partial charge on any atom is 0.146 e. The molecule has 0 aromatic heterocycles. The monoisotopic (exact) mass is 294 g/mol. The van der Waals surface area contributed by atoms with Gasteiger partial charge < -0.3 is 5.32 Å². The smallest absolute Gasteiger partial charge is 0.146 e. The zero-order valence-corrected chi connectivity index (χ0v) is 11.2. The van der Waals surface area contributed by atoms with E-state index in [1.807, 2.05) is 6.07 Å². The number of halogens is 3. The van der Waals surface area contributed by atoms with Crippen molar-refractivity contribution in [3.63, 3.8) is 0 Å². The van der Waals surface area contributed by atoms with E-state index in [0.29, 0.717) is 15.6 Å². The minimum absolute atomic E-state index is 0.241. The fourth-order valence-electron chi connectivity index (χ4n) is 1.65. The van der Waals surface area contributed by atoms with Gasteiger partial charge in [0.1, 0.15) is 11.9 Å². The summed E-state index contributed by atoms with van der Waals surface area (Å²) in [4.78, 5) is 0. The van der Waals surface area contributed by atoms with Gasteiger partial charge in [0.15, 0.2) is 0 Å². The van der Waals surface area contributed by atoms with Crippen LogP contribution in [0.1, 0.15) is 11.6 Å². The summed E-state index contributed by atoms with van der Waals surface area (Å²) < 4.78 is 13.6. The number of anilines is 1. The first-order valence-corrected chi connectivity index (χ1v) is 6.23. The van der Waals surface area contributed by atoms with Crippen LogP contribution in [-0.2, 0) is 0 Å². The lowest BCUT2D eigenvalue weighted by Crippen LogP contribution is -2.10. The number of benzene rings is 2. The molecule has 2 nitrogen and oxygen atoms in total. The second kappa shape index (κ2) is 5.92. The van der Waals surface area contributed by atoms with Crippen LogP contribution in [-0.4, -0.2) is 0 Å². The van der Waals surface area contributed by atoms with Crippen molar-refractivity contribution in [3.8, 4) is 6.07 Å². The highest BCUT2D eigenvalue weighted by Gasteiger charge is 2.16. The standard InChI is InChI=1S/C14H9Cl2FN2/c15-9-5-6-11(16)10(7-9)14(8-18)19-13-4-2-1-3-12(13)17/h1-7,14,19H. The van der Waals surface area contributed by atoms with E-state index in [1.165, 1.54) is 6.07 Å². The predicted molar refractivity (Wildman–Crippen MR) is 74.8 cm³/mol. The molecule has 0 aliphatic heterocycles. The first kappa shape index (κ1) is 13.7. The lowest BCUT2D eigenvalue weighted by Gasteiger charge is -2.15. The summed E-state index contributed by atoms with van der Waals surface area (Å²) in [5.74, 6) is -0.430. The van der Waals surface area contributed by atoms with Crippen molar-refractivity contribution in [2.75, 3.05) is 5.32 Å². The Labute approximate surface area is 120 Å². The Morgan fingerprint density at radius 3 is 2.58 bits per heavy atom. The van der Waals surface area contributed by atoms with Gasteiger partial charge in [0.2, 0.25) is 0 Å². The van der Waals surface area contributed by atoms with Crippen LogP contribution in [0.4, 0.5) is 10.1 Å². The van der Waals surface area contributed by atoms with Crippen LogP contribution >= 0.6 is 23.2 Å². The molecule has 1 unspecified atom stereocenters. The molecule has 0 aliphatic carbocycles. The molecule has 0 amide bonds. The van der Waals surface area contributed by atoms with Crippen LogP contribution in [0, 0.1) is 17.1 Å². The van der Waals surface area contributed by atoms with Crippen LogP contribution in [0.15, 0.2) is 42.5 Å². The summed E-state index contributed by atoms with van der Waals surface area (Å²) in [5.41, 5.74) is 0.755. The Balaban J connectivity index is 2.34. The zero-order chi connectivity index (χ0) is 13.8. The first-order chi connectivity index (χ1) is 9.11. The Morgan fingerprint density at radius 1 is 1.16 bits per heavy atom. The number of hydrogen-bond donors (Lipinski definition) is 1. The second-order valence-corrected chi connectivity index (χ2v) is 4.70. The van der Waals surface area contributed by atoms with Crippen molar-refractivity contribution in [1.82, 2.24) is 0 Å². The van der Waals surface area contributed by atoms with Crippen molar-refractivity contribution in [3.05, 3.63) is 63.9 Å². The largest absolute Gasteiger partial charge is 0.364 e. The van der Waals surface area contributed by atoms with Crippen LogP contribution in [0.3, 0.4) is 0 Å². The van der Waals surface area contributed by atoms with E-state index in [2.05, 4.69) is 5.32 Å². The molecular weight excluding hydrogens is 286 g/mol. The van der Waals surface area contributed by atoms with Gasteiger partial charge >= 0.3 is 0 Å². The van der Waals surface area contributed by atoms with Crippen molar-refractivity contribution >= 4 is 28.9 Å². The highest BCUT2D eigenvalue weighted by atomic mass is 35.5. The van der Waals surface area contributed by atoms with Crippen LogP contribution in [0.25, 0.3) is 0 Å². The highest BCUT2D eigenvalue weighted by molar-refractivity contribution is 6.33. The molecule has 0 saturated carbocycles. The topological polar surface area (TPSA) is 35.8 Å². The molecule has 2 aromatic rings. The third-order valence-corrected chi connectivity index (χ3v) is 3.15. The molecule has 19 heavy (non-hydrogen) atoms. The molecule has 0 aliphatic rings. The molecule has 96 valence electrons. The third kappa shape index (κ3) is 3.17. The fraction of sp³-hybridized carbons (Fsp3) is 0.0714. The van der Waals surface area contributed by atoms with E-state index in [1.54, 1.807) is 36.4 Å². The van der Waals surface area contributed by atoms with Crippen molar-refractivity contribution in [1.29, 1.82) is 5.26 Å². The normalized spacial score (nSPS) is 11.7. The number of rotatable bonds is 3. The second-order valence-electron chi connectivity index (χ2n) is 3.85. The Morgan fingerprint density at radius 2 is 1.89 bits per heavy atom. The lowest BCUT2D eigenvalue weighted by molar-refractivity contribution is 0.629. The van der Waals surface area contributed by atoms with Crippen LogP contribution in [0.5, 0.6) is 0 Å². The Kier molecular flexibility index (Phi) is 4.26. The zero-order valence-electron chi connectivity index (χ0n) is 9.70. The summed E-state index contributed by atoms with van der Waals surface area (Å²) in [7, 11) is 0. The molecule has 0 bridgehead atoms. The number of hydrogen-bond acceptors (Lipinski definition) is 2. The van der Waals surface area contributed by atoms with Gasteiger partial charge in [-0.1, -0.05) is 35.3 Å². The third-order valence-electron chi connectivity index (χ3n) is 2.57. The maximum atomic E-state index is 13.6. The van der Waals surface area contributed by atoms with Crippen LogP contribution in [0.2, 0.25) is 10.0 Å². The van der Waals surface area contributed by atoms with E-state index >= 15 is 0 Å². The number of para-hydroxylation sites is 1. The molecule has 5 heteroatoms. The molecule has 2 aromatic carbocycles. The van der Waals surface area contributed by atoms with Gasteiger partial charge in [-0.25, -0.2) is 4.39 Å². The van der Waals surface area contributed by atoms with E-state index in [9.17, 15) is 9.65 Å². The molecule has 0 heterocycles. The van der Waals surface area contributed by atoms with E-state index in [4.69, 9.17) is 23.2 Å². The SMILES string of the molecule is N#CC(Nc1ccccc1F)c1cc(Cl)ccc1Cl. The number of nitriles is 1. The molecule has 1 N–H and O–H groups in total. The van der Waals surface area contributed by atoms with Gasteiger partial charge in [0, 0.05) is 15.6 Å². The van der Waals surface area contributed by atoms with E-state index in [-0.39, 0.29) is 5.69 Å². The van der Waals surface area contributed by atoms with Crippen LogP contribution < -0.4 is 5.32 Å². The number of nitrogens with zero attached hydrogens (tertiary/aromatic N) is 1. The van der Waals surface area contributed by atoms with Crippen molar-refractivity contribution < 1.29 is 4.39 Å². The molecule has 0 fully saturated rings. The molecule has 0 radical (unpaired) electrons. The average molecular weight is 295 g/mol. The van der Waals surface area contributed by atoms with Gasteiger partial charge in [-0.05, 0) is 30.3 Å². The molecule has 2 rings (SSSR count). The summed E-state index contributed by atoms with van der Waals surface area (Å²) in [6, 6.07) is 12.2. The van der Waals surface area contributed by atoms with Gasteiger partial charge in [-0.15, -0.1) is 0 Å². The summed E-state index contributed by atoms with van der Waals surface area (Å²) in [5, 5.41) is 12.9. The van der Waals surface area contributed by atoms with Gasteiger partial charge in [-0.2, -0.15) is 5.26 Å². The minimum Gasteiger partial charge on any atom is -0.364 e. The van der Waals surface area contributed by atoms with Crippen molar-refractivity contribution in [2.45, 2.75) is 6.04 Å². The Bertz CT molecular complexity index is 638. The quantitative estimate of drug-likeness (QED) is 0.882. The predicted octanol–water partition coefficient (Wildman–Crippen LogP) is 4.81. The fourth-order valence-corrected chi connectivity index (χ4v) is 2.06. The van der Waals surface area contributed by atoms with Gasteiger partial charge in [0.05, 0.1) is 11.8 Å². The van der Waals surface area contributed by atoms with Gasteiger partial charge in [-0.3, -0.25) is 0 Å². The molecule has 0 spiro atoms. The average Bonchev–Trinajstić information content (AvgIpc) is 2.41. The number of nitrogens with one attached hydrogen (secondary N) is 1. The summed E-state index contributed by atoms with van der Waals surface area (Å²) in [6.45, 7) is 0. The summed E-state index contributed by atoms with van der Waals surface area (Å²) >= 11 is 11.9. The Hall–Kier alpha value is -1.76.